The van der Waals surface area contributed by atoms with E-state index in [9.17, 15) is 14.4 Å². The van der Waals surface area contributed by atoms with E-state index in [0.29, 0.717) is 16.6 Å². The van der Waals surface area contributed by atoms with E-state index in [2.05, 4.69) is 5.32 Å². The van der Waals surface area contributed by atoms with Gasteiger partial charge in [-0.25, -0.2) is 0 Å². The molecule has 6 nitrogen and oxygen atoms in total. The average Bonchev–Trinajstić information content (AvgIpc) is 2.97. The summed E-state index contributed by atoms with van der Waals surface area (Å²) in [6.45, 7) is 5.51. The van der Waals surface area contributed by atoms with Crippen molar-refractivity contribution in [2.45, 2.75) is 39.3 Å². The molecule has 142 valence electrons. The van der Waals surface area contributed by atoms with Crippen LogP contribution < -0.4 is 5.32 Å². The molecule has 8 heteroatoms. The zero-order chi connectivity index (χ0) is 19.4. The van der Waals surface area contributed by atoms with Crippen LogP contribution in [0.5, 0.6) is 0 Å². The Labute approximate surface area is 162 Å². The fourth-order valence-electron chi connectivity index (χ4n) is 2.79. The summed E-state index contributed by atoms with van der Waals surface area (Å²) in [5.41, 5.74) is 0.785. The highest BCUT2D eigenvalue weighted by molar-refractivity contribution is 6.42. The molecule has 1 saturated heterocycles. The number of ether oxygens (including phenoxy) is 1. The van der Waals surface area contributed by atoms with Gasteiger partial charge in [0.15, 0.2) is 6.61 Å². The molecule has 1 fully saturated rings. The number of benzene rings is 1. The van der Waals surface area contributed by atoms with Crippen LogP contribution in [0.1, 0.15) is 38.8 Å². The van der Waals surface area contributed by atoms with Crippen LogP contribution >= 0.6 is 23.2 Å². The molecule has 2 amide bonds. The van der Waals surface area contributed by atoms with E-state index >= 15 is 0 Å². The lowest BCUT2D eigenvalue weighted by molar-refractivity contribution is -0.152. The highest BCUT2D eigenvalue weighted by Gasteiger charge is 2.36. The Hall–Kier alpha value is -1.79. The number of hydrogen-bond donors (Lipinski definition) is 1. The van der Waals surface area contributed by atoms with Crippen LogP contribution in [0.4, 0.5) is 0 Å². The third-order valence-corrected chi connectivity index (χ3v) is 5.02. The van der Waals surface area contributed by atoms with Crippen LogP contribution in [0, 0.1) is 5.92 Å². The molecule has 1 aliphatic heterocycles. The molecule has 2 unspecified atom stereocenters. The first kappa shape index (κ1) is 20.5. The van der Waals surface area contributed by atoms with E-state index in [1.54, 1.807) is 30.0 Å². The molecule has 1 N–H and O–H groups in total. The van der Waals surface area contributed by atoms with E-state index in [1.807, 2.05) is 13.8 Å². The normalized spacial score (nSPS) is 18.2. The number of carbonyl (C=O) groups is 3. The van der Waals surface area contributed by atoms with E-state index < -0.39 is 24.4 Å². The van der Waals surface area contributed by atoms with Crippen molar-refractivity contribution < 1.29 is 19.1 Å². The first-order valence-corrected chi connectivity index (χ1v) is 9.15. The maximum absolute atomic E-state index is 12.1. The molecule has 0 radical (unpaired) electrons. The Morgan fingerprint density at radius 2 is 1.96 bits per heavy atom. The topological polar surface area (TPSA) is 75.7 Å². The van der Waals surface area contributed by atoms with Crippen molar-refractivity contribution in [2.75, 3.05) is 13.2 Å². The summed E-state index contributed by atoms with van der Waals surface area (Å²) in [6.07, 6.45) is 0.123. The van der Waals surface area contributed by atoms with Gasteiger partial charge in [0, 0.05) is 19.0 Å². The molecule has 0 bridgehead atoms. The van der Waals surface area contributed by atoms with Crippen molar-refractivity contribution in [3.05, 3.63) is 33.8 Å². The third-order valence-electron chi connectivity index (χ3n) is 4.28. The predicted molar refractivity (Wildman–Crippen MR) is 98.9 cm³/mol. The summed E-state index contributed by atoms with van der Waals surface area (Å²) in [5.74, 6) is -1.55. The first-order valence-electron chi connectivity index (χ1n) is 8.39. The maximum Gasteiger partial charge on any atom is 0.311 e. The van der Waals surface area contributed by atoms with Gasteiger partial charge in [-0.1, -0.05) is 29.3 Å². The minimum absolute atomic E-state index is 0.0376. The highest BCUT2D eigenvalue weighted by atomic mass is 35.5. The van der Waals surface area contributed by atoms with Gasteiger partial charge in [0.25, 0.3) is 5.91 Å². The second-order valence-corrected chi connectivity index (χ2v) is 7.43. The average molecular weight is 401 g/mol. The number of halogens is 2. The van der Waals surface area contributed by atoms with E-state index in [-0.39, 0.29) is 24.4 Å². The largest absolute Gasteiger partial charge is 0.455 e. The lowest BCUT2D eigenvalue weighted by Gasteiger charge is -2.20. The van der Waals surface area contributed by atoms with Gasteiger partial charge in [-0.15, -0.1) is 0 Å². The molecule has 1 aromatic carbocycles. The summed E-state index contributed by atoms with van der Waals surface area (Å²) in [4.78, 5) is 37.6. The van der Waals surface area contributed by atoms with E-state index in [0.717, 1.165) is 5.56 Å². The molecule has 26 heavy (non-hydrogen) atoms. The van der Waals surface area contributed by atoms with Crippen LogP contribution in [0.15, 0.2) is 18.2 Å². The Kier molecular flexibility index (Phi) is 6.89. The van der Waals surface area contributed by atoms with Gasteiger partial charge in [-0.2, -0.15) is 0 Å². The van der Waals surface area contributed by atoms with Crippen LogP contribution in [0.25, 0.3) is 0 Å². The van der Waals surface area contributed by atoms with Crippen molar-refractivity contribution in [1.82, 2.24) is 10.2 Å². The number of hydrogen-bond acceptors (Lipinski definition) is 4. The third kappa shape index (κ3) is 5.11. The quantitative estimate of drug-likeness (QED) is 0.744. The fraction of sp³-hybridized carbons (Fsp3) is 0.500. The Balaban J connectivity index is 1.82. The number of carbonyl (C=O) groups excluding carboxylic acids is 3. The van der Waals surface area contributed by atoms with Gasteiger partial charge in [0.2, 0.25) is 5.91 Å². The lowest BCUT2D eigenvalue weighted by atomic mass is 10.1. The summed E-state index contributed by atoms with van der Waals surface area (Å²) >= 11 is 11.8. The van der Waals surface area contributed by atoms with Crippen LogP contribution in [0.2, 0.25) is 10.0 Å². The molecular weight excluding hydrogens is 379 g/mol. The Bertz CT molecular complexity index is 708. The van der Waals surface area contributed by atoms with E-state index in [4.69, 9.17) is 27.9 Å². The molecule has 2 atom stereocenters. The number of rotatable bonds is 6. The number of nitrogens with zero attached hydrogens (tertiary/aromatic N) is 1. The second kappa shape index (κ2) is 8.73. The van der Waals surface area contributed by atoms with Crippen molar-refractivity contribution in [3.8, 4) is 0 Å². The predicted octanol–water partition coefficient (Wildman–Crippen LogP) is 2.97. The first-order chi connectivity index (χ1) is 12.2. The van der Waals surface area contributed by atoms with Gasteiger partial charge in [0.1, 0.15) is 0 Å². The molecule has 1 aliphatic rings. The van der Waals surface area contributed by atoms with Gasteiger partial charge in [-0.05, 0) is 38.5 Å². The lowest BCUT2D eigenvalue weighted by Crippen LogP contribution is -2.34. The Morgan fingerprint density at radius 3 is 2.54 bits per heavy atom. The summed E-state index contributed by atoms with van der Waals surface area (Å²) in [5, 5.41) is 3.56. The Morgan fingerprint density at radius 1 is 1.27 bits per heavy atom. The zero-order valence-corrected chi connectivity index (χ0v) is 16.4. The SMILES string of the molecule is CC(NC(=O)COC(=O)C1CC(=O)N(C(C)C)C1)c1ccc(Cl)c(Cl)c1. The summed E-state index contributed by atoms with van der Waals surface area (Å²) in [6, 6.07) is 4.80. The van der Waals surface area contributed by atoms with E-state index in [1.165, 1.54) is 0 Å². The smallest absolute Gasteiger partial charge is 0.311 e. The fourth-order valence-corrected chi connectivity index (χ4v) is 3.10. The highest BCUT2D eigenvalue weighted by Crippen LogP contribution is 2.25. The zero-order valence-electron chi connectivity index (χ0n) is 14.9. The number of likely N-dealkylation sites (tertiary alicyclic amines) is 1. The molecule has 1 heterocycles. The molecular formula is C18H22Cl2N2O4. The molecule has 2 rings (SSSR count). The minimum Gasteiger partial charge on any atom is -0.455 e. The van der Waals surface area contributed by atoms with Crippen molar-refractivity contribution >= 4 is 41.0 Å². The van der Waals surface area contributed by atoms with Gasteiger partial charge >= 0.3 is 5.97 Å². The standard InChI is InChI=1S/C18H22Cl2N2O4/c1-10(2)22-8-13(7-17(22)24)18(25)26-9-16(23)21-11(3)12-4-5-14(19)15(20)6-12/h4-6,10-11,13H,7-9H2,1-3H3,(H,21,23). The maximum atomic E-state index is 12.1. The van der Waals surface area contributed by atoms with Crippen molar-refractivity contribution in [3.63, 3.8) is 0 Å². The minimum atomic E-state index is -0.529. The molecule has 0 saturated carbocycles. The van der Waals surface area contributed by atoms with Crippen LogP contribution in [0.3, 0.4) is 0 Å². The summed E-state index contributed by atoms with van der Waals surface area (Å²) < 4.78 is 5.07. The summed E-state index contributed by atoms with van der Waals surface area (Å²) in [7, 11) is 0. The molecule has 0 spiro atoms. The monoisotopic (exact) mass is 400 g/mol. The van der Waals surface area contributed by atoms with Gasteiger partial charge in [-0.3, -0.25) is 14.4 Å². The van der Waals surface area contributed by atoms with Gasteiger partial charge in [0.05, 0.1) is 22.0 Å². The number of esters is 1. The molecule has 0 aliphatic carbocycles. The number of nitrogens with one attached hydrogen (secondary N) is 1. The van der Waals surface area contributed by atoms with Gasteiger partial charge < -0.3 is 15.0 Å². The second-order valence-electron chi connectivity index (χ2n) is 6.61. The molecule has 1 aromatic rings. The number of amides is 2. The van der Waals surface area contributed by atoms with Crippen molar-refractivity contribution in [2.24, 2.45) is 5.92 Å². The van der Waals surface area contributed by atoms with Crippen LogP contribution in [-0.4, -0.2) is 41.9 Å². The van der Waals surface area contributed by atoms with Crippen LogP contribution in [-0.2, 0) is 19.1 Å². The molecule has 0 aromatic heterocycles. The van der Waals surface area contributed by atoms with Crippen molar-refractivity contribution in [1.29, 1.82) is 0 Å².